The Kier molecular flexibility index (Phi) is 8.03. The molecule has 0 fully saturated rings. The first-order valence-corrected chi connectivity index (χ1v) is 17.9. The van der Waals surface area contributed by atoms with E-state index in [9.17, 15) is 0 Å². The van der Waals surface area contributed by atoms with Gasteiger partial charge in [0, 0.05) is 40.2 Å². The minimum absolute atomic E-state index is 0.0535. The zero-order valence-corrected chi connectivity index (χ0v) is 30.5. The monoisotopic (exact) mass is 703 g/mol. The van der Waals surface area contributed by atoms with Crippen molar-refractivity contribution in [2.24, 2.45) is 0 Å². The number of nitrogens with zero attached hydrogens (tertiary/aromatic N) is 7. The molecule has 0 aliphatic carbocycles. The van der Waals surface area contributed by atoms with Crippen LogP contribution in [0.2, 0.25) is 0 Å². The van der Waals surface area contributed by atoms with E-state index in [4.69, 9.17) is 24.7 Å². The van der Waals surface area contributed by atoms with E-state index >= 15 is 0 Å². The topological polar surface area (TPSA) is 71.7 Å². The number of benzene rings is 5. The molecule has 0 amide bonds. The van der Waals surface area contributed by atoms with Crippen LogP contribution in [0.4, 0.5) is 5.69 Å². The molecule has 9 rings (SSSR count). The number of aromatic nitrogens is 5. The van der Waals surface area contributed by atoms with Gasteiger partial charge in [-0.3, -0.25) is 4.57 Å². The van der Waals surface area contributed by atoms with Crippen LogP contribution < -0.4 is 4.74 Å². The highest BCUT2D eigenvalue weighted by Crippen LogP contribution is 2.42. The predicted molar refractivity (Wildman–Crippen MR) is 214 cm³/mol. The lowest BCUT2D eigenvalue weighted by molar-refractivity contribution is -0.429. The molecular weight excluding hydrogens is 667 g/mol. The van der Waals surface area contributed by atoms with Crippen LogP contribution >= 0.6 is 0 Å². The molecule has 0 bridgehead atoms. The van der Waals surface area contributed by atoms with Crippen LogP contribution in [0.3, 0.4) is 0 Å². The number of fused-ring (bicyclic) bond motifs is 3. The Bertz CT molecular complexity index is 2750. The molecule has 8 nitrogen and oxygen atoms in total. The molecule has 0 radical (unpaired) electrons. The van der Waals surface area contributed by atoms with Crippen LogP contribution in [0.15, 0.2) is 152 Å². The number of pyridine rings is 1. The van der Waals surface area contributed by atoms with Crippen molar-refractivity contribution in [3.05, 3.63) is 158 Å². The molecule has 1 aliphatic heterocycles. The van der Waals surface area contributed by atoms with Crippen molar-refractivity contribution < 1.29 is 13.9 Å². The minimum atomic E-state index is -0.0535. The third-order valence-corrected chi connectivity index (χ3v) is 9.58. The molecule has 260 valence electrons. The van der Waals surface area contributed by atoms with Crippen molar-refractivity contribution >= 4 is 33.5 Å². The molecule has 0 N–H and O–H groups in total. The number of rotatable bonds is 7. The fourth-order valence-corrected chi connectivity index (χ4v) is 6.80. The van der Waals surface area contributed by atoms with Crippen molar-refractivity contribution in [2.75, 3.05) is 7.05 Å². The van der Waals surface area contributed by atoms with E-state index in [1.807, 2.05) is 138 Å². The summed E-state index contributed by atoms with van der Waals surface area (Å²) in [6, 6.07) is 48.3. The highest BCUT2D eigenvalue weighted by atomic mass is 16.5. The predicted octanol–water partition coefficient (Wildman–Crippen LogP) is 10.4. The Labute approximate surface area is 313 Å². The Hall–Kier alpha value is -7.02. The van der Waals surface area contributed by atoms with E-state index in [0.29, 0.717) is 29.0 Å². The van der Waals surface area contributed by atoms with Gasteiger partial charge >= 0.3 is 6.01 Å². The first-order valence-electron chi connectivity index (χ1n) is 17.9. The molecule has 4 heterocycles. The zero-order chi connectivity index (χ0) is 36.8. The third-order valence-electron chi connectivity index (χ3n) is 9.58. The molecule has 54 heavy (non-hydrogen) atoms. The summed E-state index contributed by atoms with van der Waals surface area (Å²) in [4.78, 5) is 20.1. The number of hydrogen-bond acceptors (Lipinski definition) is 5. The lowest BCUT2D eigenvalue weighted by Crippen LogP contribution is -2.10. The Balaban J connectivity index is 1.34. The largest absolute Gasteiger partial charge is 0.495 e. The van der Waals surface area contributed by atoms with Gasteiger partial charge in [0.15, 0.2) is 24.5 Å². The Morgan fingerprint density at radius 3 is 1.96 bits per heavy atom. The molecule has 0 spiro atoms. The highest BCUT2D eigenvalue weighted by molar-refractivity contribution is 6.11. The van der Waals surface area contributed by atoms with Gasteiger partial charge < -0.3 is 4.74 Å². The van der Waals surface area contributed by atoms with E-state index in [0.717, 1.165) is 50.0 Å². The molecule has 0 saturated heterocycles. The normalized spacial score (nSPS) is 12.7. The minimum Gasteiger partial charge on any atom is -0.456 e. The highest BCUT2D eigenvalue weighted by Gasteiger charge is 2.24. The van der Waals surface area contributed by atoms with Gasteiger partial charge in [-0.15, -0.1) is 0 Å². The van der Waals surface area contributed by atoms with Gasteiger partial charge in [-0.1, -0.05) is 109 Å². The van der Waals surface area contributed by atoms with Crippen LogP contribution in [0.1, 0.15) is 26.3 Å². The number of ether oxygens (including phenoxy) is 1. The average molecular weight is 704 g/mol. The molecule has 0 saturated carbocycles. The summed E-state index contributed by atoms with van der Waals surface area (Å²) < 4.78 is 13.0. The molecule has 0 unspecified atom stereocenters. The van der Waals surface area contributed by atoms with Crippen molar-refractivity contribution in [1.82, 2.24) is 24.5 Å². The van der Waals surface area contributed by atoms with Gasteiger partial charge in [0.05, 0.1) is 22.7 Å². The first-order chi connectivity index (χ1) is 26.3. The van der Waals surface area contributed by atoms with E-state index in [1.165, 1.54) is 5.56 Å². The summed E-state index contributed by atoms with van der Waals surface area (Å²) in [5.41, 5.74) is 6.64. The maximum absolute atomic E-state index is 6.93. The van der Waals surface area contributed by atoms with Gasteiger partial charge in [-0.05, 0) is 47.4 Å². The summed E-state index contributed by atoms with van der Waals surface area (Å²) in [5.74, 6) is 3.74. The van der Waals surface area contributed by atoms with E-state index in [1.54, 1.807) is 0 Å². The van der Waals surface area contributed by atoms with Crippen LogP contribution in [-0.4, -0.2) is 46.7 Å². The van der Waals surface area contributed by atoms with E-state index in [2.05, 4.69) is 61.7 Å². The summed E-state index contributed by atoms with van der Waals surface area (Å²) in [6.45, 7) is 6.72. The lowest BCUT2D eigenvalue weighted by atomic mass is 9.86. The van der Waals surface area contributed by atoms with Crippen LogP contribution in [0, 0.1) is 0 Å². The average Bonchev–Trinajstić information content (AvgIpc) is 3.78. The molecular formula is C46H37N7O+2. The molecule has 5 aromatic carbocycles. The first kappa shape index (κ1) is 32.9. The van der Waals surface area contributed by atoms with E-state index in [-0.39, 0.29) is 5.41 Å². The third kappa shape index (κ3) is 6.15. The fourth-order valence-electron chi connectivity index (χ4n) is 6.80. The summed E-state index contributed by atoms with van der Waals surface area (Å²) in [7, 11) is 1.95. The maximum Gasteiger partial charge on any atom is 0.495 e. The molecule has 8 aromatic rings. The van der Waals surface area contributed by atoms with Crippen molar-refractivity contribution in [3.8, 4) is 51.5 Å². The van der Waals surface area contributed by atoms with Gasteiger partial charge in [-0.25, -0.2) is 19.9 Å². The van der Waals surface area contributed by atoms with Crippen LogP contribution in [-0.2, 0) is 5.41 Å². The summed E-state index contributed by atoms with van der Waals surface area (Å²) in [6.07, 6.45) is 5.75. The zero-order valence-electron chi connectivity index (χ0n) is 30.5. The second-order valence-electron chi connectivity index (χ2n) is 14.4. The lowest BCUT2D eigenvalue weighted by Gasteiger charge is -2.19. The van der Waals surface area contributed by atoms with Crippen molar-refractivity contribution in [1.29, 1.82) is 0 Å². The quantitative estimate of drug-likeness (QED) is 0.155. The Morgan fingerprint density at radius 1 is 0.630 bits per heavy atom. The van der Waals surface area contributed by atoms with Crippen LogP contribution in [0.25, 0.3) is 61.8 Å². The van der Waals surface area contributed by atoms with E-state index < -0.39 is 0 Å². The fraction of sp³-hybridized carbons (Fsp3) is 0.109. The second kappa shape index (κ2) is 13.2. The van der Waals surface area contributed by atoms with Crippen molar-refractivity contribution in [3.63, 3.8) is 0 Å². The van der Waals surface area contributed by atoms with Gasteiger partial charge in [0.25, 0.3) is 6.20 Å². The van der Waals surface area contributed by atoms with Gasteiger partial charge in [0.2, 0.25) is 11.9 Å². The molecule has 3 aromatic heterocycles. The number of hydrogen-bond donors (Lipinski definition) is 0. The van der Waals surface area contributed by atoms with Gasteiger partial charge in [-0.2, -0.15) is 0 Å². The van der Waals surface area contributed by atoms with Gasteiger partial charge in [0.1, 0.15) is 17.3 Å². The summed E-state index contributed by atoms with van der Waals surface area (Å²) >= 11 is 0. The second-order valence-corrected chi connectivity index (χ2v) is 14.4. The van der Waals surface area contributed by atoms with Crippen LogP contribution in [0.5, 0.6) is 11.5 Å². The maximum atomic E-state index is 6.93. The Morgan fingerprint density at radius 2 is 1.31 bits per heavy atom. The van der Waals surface area contributed by atoms with Crippen molar-refractivity contribution in [2.45, 2.75) is 26.2 Å². The molecule has 0 atom stereocenters. The smallest absolute Gasteiger partial charge is 0.456 e. The molecule has 8 heteroatoms. The molecule has 1 aliphatic rings. The SMILES string of the molecule is C[N+]1=C=[N+](c2cccc(Oc3cc4c(cc3-c3nc(-c5ccccc5)nc(-c5ccccc5)n3)c3cc(C(C)(C)C)ccc3n4-c3ccccn3)c2)C=C1. The summed E-state index contributed by atoms with van der Waals surface area (Å²) in [5, 5.41) is 2.14. The standard InChI is InChI=1S/C46H37N7O/c1-46(2,3)33-21-22-39-36(26-33)37-28-38(45-49-43(31-14-7-5-8-15-31)48-44(50-45)32-16-9-6-10-17-32)41(29-40(37)53(39)42-20-11-12-23-47-42)54-35-19-13-18-34(27-35)52-25-24-51(4)30-52/h5-29H,1-4H3/q+2.